The van der Waals surface area contributed by atoms with E-state index >= 15 is 0 Å². The van der Waals surface area contributed by atoms with Crippen LogP contribution in [0, 0.1) is 10.1 Å². The van der Waals surface area contributed by atoms with E-state index in [1.165, 1.54) is 0 Å². The maximum absolute atomic E-state index is 11.2. The monoisotopic (exact) mass is 251 g/mol. The summed E-state index contributed by atoms with van der Waals surface area (Å²) in [7, 11) is 0. The van der Waals surface area contributed by atoms with Gasteiger partial charge in [-0.25, -0.2) is 0 Å². The van der Waals surface area contributed by atoms with E-state index < -0.39 is 0 Å². The summed E-state index contributed by atoms with van der Waals surface area (Å²) in [5.41, 5.74) is 6.47. The number of benzene rings is 1. The Balaban J connectivity index is 2.39. The average molecular weight is 251 g/mol. The molecule has 2 rings (SSSR count). The van der Waals surface area contributed by atoms with Crippen molar-refractivity contribution < 1.29 is 9.66 Å². The number of anilines is 1. The molecule has 0 aliphatic carbocycles. The molecule has 1 saturated heterocycles. The lowest BCUT2D eigenvalue weighted by molar-refractivity contribution is -0.385. The lowest BCUT2D eigenvalue weighted by Crippen LogP contribution is -2.26. The molecule has 2 N–H and O–H groups in total. The van der Waals surface area contributed by atoms with Crippen LogP contribution in [0.15, 0.2) is 18.2 Å². The first-order valence-electron chi connectivity index (χ1n) is 6.04. The fourth-order valence-electron chi connectivity index (χ4n) is 2.23. The Labute approximate surface area is 105 Å². The molecule has 0 saturated carbocycles. The molecule has 18 heavy (non-hydrogen) atoms. The zero-order chi connectivity index (χ0) is 13.1. The molecule has 0 amide bonds. The van der Waals surface area contributed by atoms with Gasteiger partial charge in [0.1, 0.15) is 5.69 Å². The number of hydrogen-bond donors (Lipinski definition) is 1. The van der Waals surface area contributed by atoms with Crippen molar-refractivity contribution in [3.05, 3.63) is 28.3 Å². The van der Waals surface area contributed by atoms with Crippen LogP contribution in [-0.2, 0) is 0 Å². The van der Waals surface area contributed by atoms with Crippen molar-refractivity contribution in [2.75, 3.05) is 24.6 Å². The predicted molar refractivity (Wildman–Crippen MR) is 69.1 cm³/mol. The summed E-state index contributed by atoms with van der Waals surface area (Å²) in [6, 6.07) is 5.23. The van der Waals surface area contributed by atoms with E-state index in [9.17, 15) is 10.1 Å². The van der Waals surface area contributed by atoms with Crippen LogP contribution >= 0.6 is 0 Å². The first-order valence-corrected chi connectivity index (χ1v) is 6.04. The largest absolute Gasteiger partial charge is 0.487 e. The minimum atomic E-state index is -0.385. The molecule has 1 aromatic rings. The third kappa shape index (κ3) is 2.38. The van der Waals surface area contributed by atoms with Crippen molar-refractivity contribution in [1.82, 2.24) is 0 Å². The number of nitro groups is 1. The van der Waals surface area contributed by atoms with Gasteiger partial charge in [-0.2, -0.15) is 0 Å². The zero-order valence-electron chi connectivity index (χ0n) is 10.3. The van der Waals surface area contributed by atoms with E-state index in [4.69, 9.17) is 10.5 Å². The number of nitrogens with zero attached hydrogens (tertiary/aromatic N) is 2. The maximum Gasteiger partial charge on any atom is 0.333 e. The van der Waals surface area contributed by atoms with Crippen LogP contribution in [0.25, 0.3) is 0 Å². The Kier molecular flexibility index (Phi) is 3.66. The molecule has 1 fully saturated rings. The second kappa shape index (κ2) is 5.22. The molecule has 1 unspecified atom stereocenters. The lowest BCUT2D eigenvalue weighted by atomic mass is 10.2. The summed E-state index contributed by atoms with van der Waals surface area (Å²) in [4.78, 5) is 12.8. The Hall–Kier alpha value is -1.82. The lowest BCUT2D eigenvalue weighted by Gasteiger charge is -2.19. The van der Waals surface area contributed by atoms with Gasteiger partial charge in [0.15, 0.2) is 5.75 Å². The summed E-state index contributed by atoms with van der Waals surface area (Å²) in [5.74, 6) is 0.320. The topological polar surface area (TPSA) is 81.6 Å². The van der Waals surface area contributed by atoms with Crippen LogP contribution in [-0.4, -0.2) is 30.7 Å². The molecule has 1 atom stereocenters. The Morgan fingerprint density at radius 3 is 2.94 bits per heavy atom. The minimum Gasteiger partial charge on any atom is -0.487 e. The van der Waals surface area contributed by atoms with Crippen molar-refractivity contribution in [2.24, 2.45) is 5.73 Å². The zero-order valence-corrected chi connectivity index (χ0v) is 10.3. The Morgan fingerprint density at radius 2 is 2.39 bits per heavy atom. The van der Waals surface area contributed by atoms with Gasteiger partial charge in [-0.3, -0.25) is 10.1 Å². The standard InChI is InChI=1S/C12H17N3O3/c1-2-18-11-5-3-4-10(12(11)15(16)17)14-7-6-9(13)8-14/h3-5,9H,2,6-8,13H2,1H3. The number of rotatable bonds is 4. The molecular weight excluding hydrogens is 234 g/mol. The van der Waals surface area contributed by atoms with Crippen molar-refractivity contribution in [3.8, 4) is 5.75 Å². The van der Waals surface area contributed by atoms with Crippen LogP contribution in [0.2, 0.25) is 0 Å². The number of nitrogens with two attached hydrogens (primary N) is 1. The SMILES string of the molecule is CCOc1cccc(N2CCC(N)C2)c1[N+](=O)[O-]. The van der Waals surface area contributed by atoms with Gasteiger partial charge in [0.05, 0.1) is 11.5 Å². The van der Waals surface area contributed by atoms with Gasteiger partial charge >= 0.3 is 5.69 Å². The number of nitro benzene ring substituents is 1. The molecule has 1 aliphatic rings. The number of para-hydroxylation sites is 1. The quantitative estimate of drug-likeness (QED) is 0.648. The molecule has 0 bridgehead atoms. The normalized spacial score (nSPS) is 19.0. The first kappa shape index (κ1) is 12.6. The highest BCUT2D eigenvalue weighted by atomic mass is 16.6. The number of ether oxygens (including phenoxy) is 1. The first-order chi connectivity index (χ1) is 8.63. The van der Waals surface area contributed by atoms with Crippen LogP contribution in [0.4, 0.5) is 11.4 Å². The van der Waals surface area contributed by atoms with Gasteiger partial charge in [-0.1, -0.05) is 6.07 Å². The van der Waals surface area contributed by atoms with Gasteiger partial charge in [0, 0.05) is 19.1 Å². The van der Waals surface area contributed by atoms with Crippen LogP contribution in [0.5, 0.6) is 5.75 Å². The maximum atomic E-state index is 11.2. The van der Waals surface area contributed by atoms with Gasteiger partial charge in [-0.05, 0) is 25.5 Å². The molecule has 0 aromatic heterocycles. The molecular formula is C12H17N3O3. The van der Waals surface area contributed by atoms with Gasteiger partial charge < -0.3 is 15.4 Å². The fourth-order valence-corrected chi connectivity index (χ4v) is 2.23. The van der Waals surface area contributed by atoms with Crippen LogP contribution in [0.3, 0.4) is 0 Å². The van der Waals surface area contributed by atoms with E-state index in [2.05, 4.69) is 0 Å². The van der Waals surface area contributed by atoms with Crippen molar-refractivity contribution in [3.63, 3.8) is 0 Å². The Morgan fingerprint density at radius 1 is 1.61 bits per heavy atom. The predicted octanol–water partition coefficient (Wildman–Crippen LogP) is 1.53. The molecule has 6 nitrogen and oxygen atoms in total. The van der Waals surface area contributed by atoms with E-state index in [0.717, 1.165) is 13.0 Å². The number of hydrogen-bond acceptors (Lipinski definition) is 5. The van der Waals surface area contributed by atoms with E-state index in [-0.39, 0.29) is 16.7 Å². The van der Waals surface area contributed by atoms with Gasteiger partial charge in [0.25, 0.3) is 0 Å². The summed E-state index contributed by atoms with van der Waals surface area (Å²) in [6.45, 7) is 3.61. The highest BCUT2D eigenvalue weighted by Gasteiger charge is 2.28. The second-order valence-electron chi connectivity index (χ2n) is 4.31. The second-order valence-corrected chi connectivity index (χ2v) is 4.31. The molecule has 6 heteroatoms. The fraction of sp³-hybridized carbons (Fsp3) is 0.500. The van der Waals surface area contributed by atoms with Crippen LogP contribution < -0.4 is 15.4 Å². The van der Waals surface area contributed by atoms with Crippen molar-refractivity contribution in [1.29, 1.82) is 0 Å². The summed E-state index contributed by atoms with van der Waals surface area (Å²) in [5, 5.41) is 11.2. The minimum absolute atomic E-state index is 0.0356. The molecule has 1 heterocycles. The molecule has 98 valence electrons. The Bertz CT molecular complexity index is 450. The molecule has 1 aromatic carbocycles. The van der Waals surface area contributed by atoms with Gasteiger partial charge in [0.2, 0.25) is 0 Å². The highest BCUT2D eigenvalue weighted by Crippen LogP contribution is 2.38. The third-order valence-corrected chi connectivity index (χ3v) is 3.03. The van der Waals surface area contributed by atoms with E-state index in [1.54, 1.807) is 18.2 Å². The smallest absolute Gasteiger partial charge is 0.333 e. The average Bonchev–Trinajstić information content (AvgIpc) is 2.75. The van der Waals surface area contributed by atoms with Crippen LogP contribution in [0.1, 0.15) is 13.3 Å². The van der Waals surface area contributed by atoms with E-state index in [0.29, 0.717) is 24.6 Å². The van der Waals surface area contributed by atoms with Gasteiger partial charge in [-0.15, -0.1) is 0 Å². The summed E-state index contributed by atoms with van der Waals surface area (Å²) < 4.78 is 5.33. The third-order valence-electron chi connectivity index (χ3n) is 3.03. The van der Waals surface area contributed by atoms with Crippen molar-refractivity contribution >= 4 is 11.4 Å². The molecule has 0 spiro atoms. The highest BCUT2D eigenvalue weighted by molar-refractivity contribution is 5.70. The molecule has 0 radical (unpaired) electrons. The van der Waals surface area contributed by atoms with Crippen molar-refractivity contribution in [2.45, 2.75) is 19.4 Å². The molecule has 1 aliphatic heterocycles. The summed E-state index contributed by atoms with van der Waals surface area (Å²) in [6.07, 6.45) is 0.857. The summed E-state index contributed by atoms with van der Waals surface area (Å²) >= 11 is 0. The van der Waals surface area contributed by atoms with E-state index in [1.807, 2.05) is 11.8 Å².